The first kappa shape index (κ1) is 20.0. The Morgan fingerprint density at radius 1 is 1.04 bits per heavy atom. The van der Waals surface area contributed by atoms with Gasteiger partial charge in [-0.1, -0.05) is 68.5 Å². The van der Waals surface area contributed by atoms with Crippen LogP contribution in [0.15, 0.2) is 64.1 Å². The molecule has 2 aromatic rings. The van der Waals surface area contributed by atoms with E-state index in [4.69, 9.17) is 4.74 Å². The van der Waals surface area contributed by atoms with E-state index in [1.165, 1.54) is 0 Å². The van der Waals surface area contributed by atoms with Gasteiger partial charge < -0.3 is 4.74 Å². The summed E-state index contributed by atoms with van der Waals surface area (Å²) >= 11 is 6.71. The number of carbonyl (C=O) groups excluding carboxylic acids is 2. The third kappa shape index (κ3) is 4.58. The Labute approximate surface area is 176 Å². The van der Waals surface area contributed by atoms with E-state index < -0.39 is 0 Å². The topological polar surface area (TPSA) is 43.4 Å². The quantitative estimate of drug-likeness (QED) is 0.375. The number of benzene rings is 2. The lowest BCUT2D eigenvalue weighted by atomic mass is 10.0. The molecule has 2 atom stereocenters. The molecule has 0 bridgehead atoms. The van der Waals surface area contributed by atoms with Crippen LogP contribution < -0.4 is 0 Å². The standard InChI is InChI=1S/C22H20Br2O3/c1-22(2)17(12-18(23)24)19(22)21(26)27-13-14-7-6-10-16(11-14)20(25)15-8-4-3-5-9-15/h3-12,17,19H,13H2,1-2H3/t17-,19-/m0/s1. The van der Waals surface area contributed by atoms with E-state index in [-0.39, 0.29) is 35.6 Å². The van der Waals surface area contributed by atoms with Crippen LogP contribution in [0.3, 0.4) is 0 Å². The van der Waals surface area contributed by atoms with Crippen LogP contribution in [0.4, 0.5) is 0 Å². The van der Waals surface area contributed by atoms with E-state index in [1.54, 1.807) is 24.3 Å². The second-order valence-corrected chi connectivity index (χ2v) is 10.1. The monoisotopic (exact) mass is 490 g/mol. The average molecular weight is 492 g/mol. The summed E-state index contributed by atoms with van der Waals surface area (Å²) in [5, 5.41) is 0. The van der Waals surface area contributed by atoms with Crippen molar-refractivity contribution < 1.29 is 14.3 Å². The van der Waals surface area contributed by atoms with Gasteiger partial charge in [-0.3, -0.25) is 9.59 Å². The van der Waals surface area contributed by atoms with Crippen LogP contribution in [-0.4, -0.2) is 11.8 Å². The highest BCUT2D eigenvalue weighted by Crippen LogP contribution is 2.60. The molecule has 27 heavy (non-hydrogen) atoms. The van der Waals surface area contributed by atoms with E-state index in [9.17, 15) is 9.59 Å². The average Bonchev–Trinajstić information content (AvgIpc) is 3.19. The third-order valence-electron chi connectivity index (χ3n) is 5.08. The van der Waals surface area contributed by atoms with Crippen LogP contribution in [0, 0.1) is 17.3 Å². The molecular weight excluding hydrogens is 472 g/mol. The van der Waals surface area contributed by atoms with Gasteiger partial charge >= 0.3 is 5.97 Å². The number of ketones is 1. The van der Waals surface area contributed by atoms with E-state index in [0.717, 1.165) is 8.96 Å². The molecule has 1 aliphatic carbocycles. The Bertz CT molecular complexity index is 883. The van der Waals surface area contributed by atoms with Crippen molar-refractivity contribution in [2.75, 3.05) is 0 Å². The molecule has 0 spiro atoms. The van der Waals surface area contributed by atoms with Crippen molar-refractivity contribution in [3.63, 3.8) is 0 Å². The van der Waals surface area contributed by atoms with Gasteiger partial charge in [-0.25, -0.2) is 0 Å². The molecule has 5 heteroatoms. The molecule has 0 amide bonds. The molecule has 0 unspecified atom stereocenters. The fourth-order valence-electron chi connectivity index (χ4n) is 3.38. The first-order valence-electron chi connectivity index (χ1n) is 8.69. The second kappa shape index (κ2) is 8.11. The maximum absolute atomic E-state index is 12.6. The Hall–Kier alpha value is -1.72. The first-order valence-corrected chi connectivity index (χ1v) is 10.3. The van der Waals surface area contributed by atoms with Gasteiger partial charge in [0.1, 0.15) is 6.61 Å². The molecule has 0 radical (unpaired) electrons. The minimum Gasteiger partial charge on any atom is -0.461 e. The molecule has 1 saturated carbocycles. The van der Waals surface area contributed by atoms with Crippen LogP contribution in [0.25, 0.3) is 0 Å². The zero-order valence-electron chi connectivity index (χ0n) is 15.1. The summed E-state index contributed by atoms with van der Waals surface area (Å²) in [6.45, 7) is 4.28. The minimum absolute atomic E-state index is 0.0422. The van der Waals surface area contributed by atoms with Gasteiger partial charge in [0.2, 0.25) is 0 Å². The largest absolute Gasteiger partial charge is 0.461 e. The summed E-state index contributed by atoms with van der Waals surface area (Å²) in [7, 11) is 0. The van der Waals surface area contributed by atoms with Gasteiger partial charge in [0, 0.05) is 11.1 Å². The molecule has 3 rings (SSSR count). The van der Waals surface area contributed by atoms with Crippen LogP contribution in [-0.2, 0) is 16.1 Å². The van der Waals surface area contributed by atoms with Gasteiger partial charge in [0.15, 0.2) is 5.78 Å². The fourth-order valence-corrected chi connectivity index (χ4v) is 3.95. The van der Waals surface area contributed by atoms with Gasteiger partial charge in [-0.15, -0.1) is 0 Å². The zero-order valence-corrected chi connectivity index (χ0v) is 18.3. The molecule has 1 fully saturated rings. The molecule has 1 aliphatic rings. The predicted molar refractivity (Wildman–Crippen MR) is 113 cm³/mol. The lowest BCUT2D eigenvalue weighted by Gasteiger charge is -2.08. The Morgan fingerprint density at radius 3 is 2.37 bits per heavy atom. The number of halogens is 2. The maximum Gasteiger partial charge on any atom is 0.310 e. The molecule has 0 aliphatic heterocycles. The first-order chi connectivity index (χ1) is 12.8. The second-order valence-electron chi connectivity index (χ2n) is 7.28. The molecule has 0 N–H and O–H groups in total. The highest BCUT2D eigenvalue weighted by Gasteiger charge is 2.61. The van der Waals surface area contributed by atoms with Crippen LogP contribution in [0.2, 0.25) is 0 Å². The number of rotatable bonds is 6. The summed E-state index contributed by atoms with van der Waals surface area (Å²) in [5.41, 5.74) is 1.92. The maximum atomic E-state index is 12.6. The fraction of sp³-hybridized carbons (Fsp3) is 0.273. The van der Waals surface area contributed by atoms with Crippen molar-refractivity contribution in [3.8, 4) is 0 Å². The van der Waals surface area contributed by atoms with Gasteiger partial charge in [-0.2, -0.15) is 0 Å². The normalized spacial score (nSPS) is 19.9. The summed E-state index contributed by atoms with van der Waals surface area (Å²) < 4.78 is 6.37. The van der Waals surface area contributed by atoms with Gasteiger partial charge in [-0.05, 0) is 54.8 Å². The molecule has 3 nitrogen and oxygen atoms in total. The van der Waals surface area contributed by atoms with Crippen molar-refractivity contribution >= 4 is 43.6 Å². The number of allylic oxidation sites excluding steroid dienone is 1. The van der Waals surface area contributed by atoms with Crippen molar-refractivity contribution in [2.24, 2.45) is 17.3 Å². The van der Waals surface area contributed by atoms with Crippen molar-refractivity contribution in [1.82, 2.24) is 0 Å². The van der Waals surface area contributed by atoms with E-state index in [0.29, 0.717) is 11.1 Å². The number of ether oxygens (including phenoxy) is 1. The van der Waals surface area contributed by atoms with Gasteiger partial charge in [0.25, 0.3) is 0 Å². The van der Waals surface area contributed by atoms with E-state index in [1.807, 2.05) is 36.4 Å². The summed E-state index contributed by atoms with van der Waals surface area (Å²) in [5.74, 6) is -0.261. The highest BCUT2D eigenvalue weighted by molar-refractivity contribution is 9.28. The van der Waals surface area contributed by atoms with E-state index in [2.05, 4.69) is 45.7 Å². The molecule has 2 aromatic carbocycles. The number of hydrogen-bond donors (Lipinski definition) is 0. The molecule has 0 heterocycles. The molecule has 0 saturated heterocycles. The molecular formula is C22H20Br2O3. The highest BCUT2D eigenvalue weighted by atomic mass is 79.9. The van der Waals surface area contributed by atoms with Crippen LogP contribution >= 0.6 is 31.9 Å². The Morgan fingerprint density at radius 2 is 1.70 bits per heavy atom. The van der Waals surface area contributed by atoms with Gasteiger partial charge in [0.05, 0.1) is 9.31 Å². The van der Waals surface area contributed by atoms with E-state index >= 15 is 0 Å². The van der Waals surface area contributed by atoms with Crippen molar-refractivity contribution in [1.29, 1.82) is 0 Å². The summed E-state index contributed by atoms with van der Waals surface area (Å²) in [6.07, 6.45) is 1.99. The number of esters is 1. The Kier molecular flexibility index (Phi) is 6.02. The lowest BCUT2D eigenvalue weighted by Crippen LogP contribution is -2.11. The predicted octanol–water partition coefficient (Wildman–Crippen LogP) is 5.86. The smallest absolute Gasteiger partial charge is 0.310 e. The molecule has 0 aromatic heterocycles. The van der Waals surface area contributed by atoms with Crippen LogP contribution in [0.1, 0.15) is 35.3 Å². The lowest BCUT2D eigenvalue weighted by molar-refractivity contribution is -0.147. The van der Waals surface area contributed by atoms with Crippen LogP contribution in [0.5, 0.6) is 0 Å². The van der Waals surface area contributed by atoms with Crippen molar-refractivity contribution in [2.45, 2.75) is 20.5 Å². The molecule has 140 valence electrons. The minimum atomic E-state index is -0.206. The summed E-state index contributed by atoms with van der Waals surface area (Å²) in [4.78, 5) is 25.0. The third-order valence-corrected chi connectivity index (χ3v) is 5.61. The number of carbonyl (C=O) groups is 2. The SMILES string of the molecule is CC1(C)[C@H](C(=O)OCc2cccc(C(=O)c3ccccc3)c2)[C@@H]1C=C(Br)Br. The van der Waals surface area contributed by atoms with Crippen molar-refractivity contribution in [3.05, 3.63) is 80.8 Å². The summed E-state index contributed by atoms with van der Waals surface area (Å²) in [6, 6.07) is 16.4. The zero-order chi connectivity index (χ0) is 19.6. The Balaban J connectivity index is 1.65. The number of hydrogen-bond acceptors (Lipinski definition) is 3.